The van der Waals surface area contributed by atoms with Gasteiger partial charge < -0.3 is 35.4 Å². The summed E-state index contributed by atoms with van der Waals surface area (Å²) in [7, 11) is 0. The van der Waals surface area contributed by atoms with Gasteiger partial charge in [-0.1, -0.05) is 26.7 Å². The number of aliphatic carboxylic acids is 2. The number of carboxylic acid groups (broad SMARTS) is 2. The molecule has 6 fully saturated rings. The van der Waals surface area contributed by atoms with Crippen molar-refractivity contribution in [1.29, 1.82) is 0 Å². The third-order valence-corrected chi connectivity index (χ3v) is 15.2. The molecule has 54 heavy (non-hydrogen) atoms. The second-order valence-electron chi connectivity index (χ2n) is 18.9. The lowest BCUT2D eigenvalue weighted by molar-refractivity contribution is -0.151. The molecule has 2 amide bonds. The first-order valence-electron chi connectivity index (χ1n) is 21.9. The molecule has 0 bridgehead atoms. The van der Waals surface area contributed by atoms with Gasteiger partial charge in [0.25, 0.3) is 0 Å². The zero-order valence-corrected chi connectivity index (χ0v) is 33.1. The summed E-state index contributed by atoms with van der Waals surface area (Å²) in [6.07, 6.45) is 21.2. The molecule has 0 heterocycles. The van der Waals surface area contributed by atoms with Gasteiger partial charge in [0.15, 0.2) is 0 Å². The standard InChI is InChI=1S/C43H70N2O9/c1-43(2,26-7-16-31(17-8-26)53-33-20-11-28(12-21-33)44-39(47)35-5-3-4-6-37(35)41(49)50)27-9-18-32(19-10-27)54-34-22-13-29(14-23-34)45-40(48)36-24-15-30(46)25-38(36)42(51)52/h26-38,46H,3-25H2,1-2H3,(H,44,47)(H,45,48)(H,49,50)(H,51,52). The smallest absolute Gasteiger partial charge is 0.307 e. The summed E-state index contributed by atoms with van der Waals surface area (Å²) in [6, 6.07) is 0.188. The summed E-state index contributed by atoms with van der Waals surface area (Å²) in [5, 5.41) is 35.4. The van der Waals surface area contributed by atoms with E-state index in [1.54, 1.807) is 0 Å². The van der Waals surface area contributed by atoms with Gasteiger partial charge in [0, 0.05) is 12.1 Å². The second kappa shape index (κ2) is 18.8. The van der Waals surface area contributed by atoms with Gasteiger partial charge in [-0.2, -0.15) is 0 Å². The predicted molar refractivity (Wildman–Crippen MR) is 203 cm³/mol. The van der Waals surface area contributed by atoms with Crippen LogP contribution in [0.25, 0.3) is 0 Å². The molecule has 0 radical (unpaired) electrons. The highest BCUT2D eigenvalue weighted by molar-refractivity contribution is 5.85. The van der Waals surface area contributed by atoms with Crippen LogP contribution in [-0.2, 0) is 28.7 Å². The van der Waals surface area contributed by atoms with Crippen LogP contribution in [0.15, 0.2) is 0 Å². The lowest BCUT2D eigenvalue weighted by Crippen LogP contribution is -2.47. The lowest BCUT2D eigenvalue weighted by Gasteiger charge is -2.47. The van der Waals surface area contributed by atoms with E-state index in [1.807, 2.05) is 0 Å². The Hall–Kier alpha value is -2.24. The topological polar surface area (TPSA) is 171 Å². The number of hydrogen-bond donors (Lipinski definition) is 5. The zero-order chi connectivity index (χ0) is 38.4. The zero-order valence-electron chi connectivity index (χ0n) is 33.1. The first-order valence-corrected chi connectivity index (χ1v) is 21.9. The Labute approximate surface area is 322 Å². The van der Waals surface area contributed by atoms with Gasteiger partial charge in [-0.15, -0.1) is 0 Å². The largest absolute Gasteiger partial charge is 0.481 e. The van der Waals surface area contributed by atoms with Crippen molar-refractivity contribution in [3.05, 3.63) is 0 Å². The minimum atomic E-state index is -0.993. The van der Waals surface area contributed by atoms with Gasteiger partial charge in [0.05, 0.1) is 54.2 Å². The van der Waals surface area contributed by atoms with E-state index in [4.69, 9.17) is 9.47 Å². The van der Waals surface area contributed by atoms with Crippen molar-refractivity contribution < 1.29 is 44.0 Å². The van der Waals surface area contributed by atoms with E-state index in [-0.39, 0.29) is 47.9 Å². The number of carbonyl (C=O) groups excluding carboxylic acids is 2. The molecular formula is C43H70N2O9. The van der Waals surface area contributed by atoms with Crippen LogP contribution < -0.4 is 10.6 Å². The van der Waals surface area contributed by atoms with E-state index < -0.39 is 41.7 Å². The van der Waals surface area contributed by atoms with E-state index in [9.17, 15) is 34.5 Å². The molecule has 306 valence electrons. The highest BCUT2D eigenvalue weighted by Gasteiger charge is 2.43. The molecule has 5 atom stereocenters. The molecule has 0 spiro atoms. The Bertz CT molecular complexity index is 1260. The number of aliphatic hydroxyl groups is 1. The molecule has 0 aromatic rings. The summed E-state index contributed by atoms with van der Waals surface area (Å²) >= 11 is 0. The molecule has 6 rings (SSSR count). The van der Waals surface area contributed by atoms with E-state index >= 15 is 0 Å². The lowest BCUT2D eigenvalue weighted by atomic mass is 9.60. The van der Waals surface area contributed by atoms with Crippen LogP contribution in [-0.4, -0.2) is 81.7 Å². The van der Waals surface area contributed by atoms with Gasteiger partial charge in [-0.25, -0.2) is 0 Å². The van der Waals surface area contributed by atoms with Crippen LogP contribution in [0.3, 0.4) is 0 Å². The van der Waals surface area contributed by atoms with Gasteiger partial charge in [-0.05, 0) is 152 Å². The van der Waals surface area contributed by atoms with Crippen LogP contribution in [0.4, 0.5) is 0 Å². The molecule has 6 aliphatic carbocycles. The van der Waals surface area contributed by atoms with Crippen molar-refractivity contribution in [2.75, 3.05) is 0 Å². The number of amides is 2. The molecule has 0 aliphatic heterocycles. The van der Waals surface area contributed by atoms with E-state index in [2.05, 4.69) is 24.5 Å². The van der Waals surface area contributed by atoms with E-state index in [0.29, 0.717) is 49.7 Å². The fraction of sp³-hybridized carbons (Fsp3) is 0.907. The molecule has 6 saturated carbocycles. The van der Waals surface area contributed by atoms with Gasteiger partial charge in [0.2, 0.25) is 11.8 Å². The summed E-state index contributed by atoms with van der Waals surface area (Å²) in [5.41, 5.74) is 0.288. The fourth-order valence-corrected chi connectivity index (χ4v) is 11.5. The summed E-state index contributed by atoms with van der Waals surface area (Å²) in [5.74, 6) is -2.97. The second-order valence-corrected chi connectivity index (χ2v) is 18.9. The highest BCUT2D eigenvalue weighted by atomic mass is 16.5. The SMILES string of the molecule is CC(C)(C1CCC(OC2CCC(NC(=O)C3CCCCC3C(=O)O)CC2)CC1)C1CCC(OC2CCC(NC(=O)C3CCC(O)CC3C(=O)O)CC2)CC1. The minimum absolute atomic E-state index is 0.0617. The van der Waals surface area contributed by atoms with E-state index in [0.717, 1.165) is 89.9 Å². The molecule has 5 N–H and O–H groups in total. The molecule has 11 heteroatoms. The first kappa shape index (κ1) is 41.4. The van der Waals surface area contributed by atoms with Crippen molar-refractivity contribution in [2.24, 2.45) is 40.9 Å². The average Bonchev–Trinajstić information content (AvgIpc) is 3.16. The van der Waals surface area contributed by atoms with Crippen molar-refractivity contribution in [1.82, 2.24) is 10.6 Å². The minimum Gasteiger partial charge on any atom is -0.481 e. The average molecular weight is 759 g/mol. The molecule has 0 saturated heterocycles. The monoisotopic (exact) mass is 759 g/mol. The molecule has 6 aliphatic rings. The maximum Gasteiger partial charge on any atom is 0.307 e. The van der Waals surface area contributed by atoms with Crippen molar-refractivity contribution in [2.45, 2.75) is 204 Å². The number of nitrogens with one attached hydrogen (secondary N) is 2. The first-order chi connectivity index (χ1) is 25.9. The fourth-order valence-electron chi connectivity index (χ4n) is 11.5. The van der Waals surface area contributed by atoms with Crippen molar-refractivity contribution >= 4 is 23.8 Å². The number of rotatable bonds is 12. The quantitative estimate of drug-likeness (QED) is 0.144. The Morgan fingerprint density at radius 1 is 0.481 bits per heavy atom. The summed E-state index contributed by atoms with van der Waals surface area (Å²) < 4.78 is 13.3. The Balaban J connectivity index is 0.844. The predicted octanol–water partition coefficient (Wildman–Crippen LogP) is 6.77. The number of carboxylic acids is 2. The number of ether oxygens (including phenoxy) is 2. The maximum absolute atomic E-state index is 13.0. The highest BCUT2D eigenvalue weighted by Crippen LogP contribution is 2.49. The molecular weight excluding hydrogens is 688 g/mol. The number of aliphatic hydroxyl groups excluding tert-OH is 1. The van der Waals surface area contributed by atoms with Gasteiger partial charge in [0.1, 0.15) is 0 Å². The molecule has 0 aromatic heterocycles. The Morgan fingerprint density at radius 3 is 1.26 bits per heavy atom. The van der Waals surface area contributed by atoms with Gasteiger partial charge >= 0.3 is 11.9 Å². The number of hydrogen-bond acceptors (Lipinski definition) is 7. The third kappa shape index (κ3) is 10.6. The van der Waals surface area contributed by atoms with E-state index in [1.165, 1.54) is 25.7 Å². The Kier molecular flexibility index (Phi) is 14.4. The van der Waals surface area contributed by atoms with Crippen molar-refractivity contribution in [3.63, 3.8) is 0 Å². The van der Waals surface area contributed by atoms with Crippen LogP contribution in [0.2, 0.25) is 0 Å². The molecule has 11 nitrogen and oxygen atoms in total. The van der Waals surface area contributed by atoms with Crippen LogP contribution in [0.1, 0.15) is 162 Å². The molecule has 5 unspecified atom stereocenters. The van der Waals surface area contributed by atoms with Crippen LogP contribution >= 0.6 is 0 Å². The van der Waals surface area contributed by atoms with Crippen LogP contribution in [0, 0.1) is 40.9 Å². The summed E-state index contributed by atoms with van der Waals surface area (Å²) in [6.45, 7) is 4.99. The van der Waals surface area contributed by atoms with Gasteiger partial charge in [-0.3, -0.25) is 19.2 Å². The van der Waals surface area contributed by atoms with Crippen LogP contribution in [0.5, 0.6) is 0 Å². The third-order valence-electron chi connectivity index (χ3n) is 15.2. The normalized spacial score (nSPS) is 39.6. The molecule has 0 aromatic carbocycles. The van der Waals surface area contributed by atoms with Crippen molar-refractivity contribution in [3.8, 4) is 0 Å². The Morgan fingerprint density at radius 2 is 0.852 bits per heavy atom. The number of carbonyl (C=O) groups is 4. The maximum atomic E-state index is 13.0. The summed E-state index contributed by atoms with van der Waals surface area (Å²) in [4.78, 5) is 49.4.